The van der Waals surface area contributed by atoms with E-state index in [1.807, 2.05) is 0 Å². The summed E-state index contributed by atoms with van der Waals surface area (Å²) < 4.78 is 60.8. The Bertz CT molecular complexity index is 235. The van der Waals surface area contributed by atoms with Crippen LogP contribution >= 0.6 is 0 Å². The number of aliphatic hydroxyl groups is 1. The van der Waals surface area contributed by atoms with Gasteiger partial charge in [0.15, 0.2) is 0 Å². The van der Waals surface area contributed by atoms with E-state index >= 15 is 0 Å². The molecule has 0 atom stereocenters. The van der Waals surface area contributed by atoms with Crippen molar-refractivity contribution in [1.29, 1.82) is 0 Å². The molecule has 0 aromatic carbocycles. The van der Waals surface area contributed by atoms with E-state index in [1.165, 1.54) is 0 Å². The first-order chi connectivity index (χ1) is 7.16. The van der Waals surface area contributed by atoms with E-state index in [-0.39, 0.29) is 12.8 Å². The maximum atomic E-state index is 12.6. The molecule has 0 spiro atoms. The minimum Gasteiger partial charge on any atom is -0.390 e. The van der Waals surface area contributed by atoms with Crippen LogP contribution in [0.15, 0.2) is 0 Å². The molecule has 1 saturated heterocycles. The SMILES string of the molecule is OC1(CCC(F)(F)C(F)(F)F)CCNCC1. The molecular weight excluding hydrogens is 233 g/mol. The summed E-state index contributed by atoms with van der Waals surface area (Å²) in [5, 5.41) is 12.7. The van der Waals surface area contributed by atoms with Gasteiger partial charge in [-0.1, -0.05) is 0 Å². The van der Waals surface area contributed by atoms with Crippen LogP contribution in [0.4, 0.5) is 22.0 Å². The molecule has 0 aliphatic carbocycles. The lowest BCUT2D eigenvalue weighted by atomic mass is 9.86. The zero-order valence-electron chi connectivity index (χ0n) is 8.58. The molecule has 0 aromatic heterocycles. The fraction of sp³-hybridized carbons (Fsp3) is 1.00. The van der Waals surface area contributed by atoms with Crippen molar-refractivity contribution in [2.75, 3.05) is 13.1 Å². The van der Waals surface area contributed by atoms with Gasteiger partial charge in [0, 0.05) is 6.42 Å². The highest BCUT2D eigenvalue weighted by molar-refractivity contribution is 4.87. The van der Waals surface area contributed by atoms with Crippen LogP contribution in [0.1, 0.15) is 25.7 Å². The molecule has 2 nitrogen and oxygen atoms in total. The molecule has 1 heterocycles. The molecule has 0 radical (unpaired) electrons. The van der Waals surface area contributed by atoms with Crippen LogP contribution in [0.25, 0.3) is 0 Å². The van der Waals surface area contributed by atoms with Gasteiger partial charge in [0.25, 0.3) is 0 Å². The molecule has 2 N–H and O–H groups in total. The molecule has 1 rings (SSSR count). The molecule has 96 valence electrons. The highest BCUT2D eigenvalue weighted by Gasteiger charge is 2.57. The first-order valence-corrected chi connectivity index (χ1v) is 5.04. The van der Waals surface area contributed by atoms with E-state index in [1.54, 1.807) is 0 Å². The van der Waals surface area contributed by atoms with Crippen molar-refractivity contribution in [3.05, 3.63) is 0 Å². The summed E-state index contributed by atoms with van der Waals surface area (Å²) in [5.74, 6) is -4.71. The lowest BCUT2D eigenvalue weighted by Crippen LogP contribution is -2.44. The Balaban J connectivity index is 2.50. The van der Waals surface area contributed by atoms with Gasteiger partial charge in [0.05, 0.1) is 5.60 Å². The van der Waals surface area contributed by atoms with Gasteiger partial charge in [-0.25, -0.2) is 0 Å². The van der Waals surface area contributed by atoms with Gasteiger partial charge in [-0.05, 0) is 32.4 Å². The second-order valence-corrected chi connectivity index (χ2v) is 4.18. The number of nitrogens with one attached hydrogen (secondary N) is 1. The van der Waals surface area contributed by atoms with Crippen molar-refractivity contribution in [3.8, 4) is 0 Å². The van der Waals surface area contributed by atoms with E-state index in [9.17, 15) is 27.1 Å². The van der Waals surface area contributed by atoms with Crippen LogP contribution in [0.3, 0.4) is 0 Å². The van der Waals surface area contributed by atoms with Crippen molar-refractivity contribution in [2.24, 2.45) is 0 Å². The largest absolute Gasteiger partial charge is 0.453 e. The minimum atomic E-state index is -5.53. The summed E-state index contributed by atoms with van der Waals surface area (Å²) in [7, 11) is 0. The third-order valence-corrected chi connectivity index (χ3v) is 2.85. The van der Waals surface area contributed by atoms with Gasteiger partial charge in [-0.3, -0.25) is 0 Å². The van der Waals surface area contributed by atoms with Crippen molar-refractivity contribution in [1.82, 2.24) is 5.32 Å². The fourth-order valence-corrected chi connectivity index (χ4v) is 1.67. The second-order valence-electron chi connectivity index (χ2n) is 4.18. The molecular formula is C9H14F5NO. The fourth-order valence-electron chi connectivity index (χ4n) is 1.67. The summed E-state index contributed by atoms with van der Waals surface area (Å²) in [6.45, 7) is 0.877. The number of hydrogen-bond acceptors (Lipinski definition) is 2. The average molecular weight is 247 g/mol. The first kappa shape index (κ1) is 13.6. The van der Waals surface area contributed by atoms with Crippen molar-refractivity contribution in [3.63, 3.8) is 0 Å². The second kappa shape index (κ2) is 4.44. The van der Waals surface area contributed by atoms with E-state index in [0.717, 1.165) is 0 Å². The summed E-state index contributed by atoms with van der Waals surface area (Å²) >= 11 is 0. The summed E-state index contributed by atoms with van der Waals surface area (Å²) in [5.41, 5.74) is -1.39. The number of halogens is 5. The van der Waals surface area contributed by atoms with Gasteiger partial charge in [0.2, 0.25) is 0 Å². The number of piperidine rings is 1. The van der Waals surface area contributed by atoms with E-state index < -0.39 is 30.5 Å². The van der Waals surface area contributed by atoms with E-state index in [2.05, 4.69) is 5.32 Å². The zero-order chi connectivity index (χ0) is 12.4. The predicted octanol–water partition coefficient (Wildman–Crippen LogP) is 2.08. The number of alkyl halides is 5. The maximum absolute atomic E-state index is 12.6. The predicted molar refractivity (Wildman–Crippen MR) is 47.3 cm³/mol. The Kier molecular flexibility index (Phi) is 3.79. The molecule has 0 saturated carbocycles. The number of rotatable bonds is 3. The van der Waals surface area contributed by atoms with Crippen LogP contribution < -0.4 is 5.32 Å². The van der Waals surface area contributed by atoms with E-state index in [4.69, 9.17) is 0 Å². The van der Waals surface area contributed by atoms with Crippen LogP contribution in [0.5, 0.6) is 0 Å². The quantitative estimate of drug-likeness (QED) is 0.748. The Labute approximate surface area is 89.8 Å². The normalized spacial score (nSPS) is 22.1. The average Bonchev–Trinajstić information content (AvgIpc) is 2.15. The molecule has 1 aliphatic rings. The monoisotopic (exact) mass is 247 g/mol. The minimum absolute atomic E-state index is 0.209. The molecule has 0 aromatic rings. The van der Waals surface area contributed by atoms with Gasteiger partial charge < -0.3 is 10.4 Å². The maximum Gasteiger partial charge on any atom is 0.453 e. The van der Waals surface area contributed by atoms with Crippen molar-refractivity contribution < 1.29 is 27.1 Å². The smallest absolute Gasteiger partial charge is 0.390 e. The summed E-state index contributed by atoms with van der Waals surface area (Å²) in [6, 6.07) is 0. The van der Waals surface area contributed by atoms with Crippen molar-refractivity contribution in [2.45, 2.75) is 43.4 Å². The van der Waals surface area contributed by atoms with Gasteiger partial charge >= 0.3 is 12.1 Å². The van der Waals surface area contributed by atoms with E-state index in [0.29, 0.717) is 13.1 Å². The van der Waals surface area contributed by atoms with Gasteiger partial charge in [-0.15, -0.1) is 0 Å². The Morgan fingerprint density at radius 3 is 2.00 bits per heavy atom. The topological polar surface area (TPSA) is 32.3 Å². The molecule has 1 aliphatic heterocycles. The highest BCUT2D eigenvalue weighted by atomic mass is 19.4. The molecule has 0 unspecified atom stereocenters. The lowest BCUT2D eigenvalue weighted by Gasteiger charge is -2.34. The highest BCUT2D eigenvalue weighted by Crippen LogP contribution is 2.41. The molecule has 1 fully saturated rings. The summed E-state index contributed by atoms with van der Waals surface area (Å²) in [4.78, 5) is 0. The Hall–Kier alpha value is -0.430. The third-order valence-electron chi connectivity index (χ3n) is 2.85. The Morgan fingerprint density at radius 1 is 1.06 bits per heavy atom. The molecule has 7 heteroatoms. The van der Waals surface area contributed by atoms with Crippen LogP contribution in [0.2, 0.25) is 0 Å². The first-order valence-electron chi connectivity index (χ1n) is 5.04. The lowest BCUT2D eigenvalue weighted by molar-refractivity contribution is -0.287. The third kappa shape index (κ3) is 3.28. The van der Waals surface area contributed by atoms with Gasteiger partial charge in [-0.2, -0.15) is 22.0 Å². The van der Waals surface area contributed by atoms with Gasteiger partial charge in [0.1, 0.15) is 0 Å². The van der Waals surface area contributed by atoms with Crippen molar-refractivity contribution >= 4 is 0 Å². The molecule has 0 bridgehead atoms. The Morgan fingerprint density at radius 2 is 1.56 bits per heavy atom. The summed E-state index contributed by atoms with van der Waals surface area (Å²) in [6.07, 6.45) is -6.99. The van der Waals surface area contributed by atoms with Crippen LogP contribution in [-0.4, -0.2) is 35.9 Å². The number of hydrogen-bond donors (Lipinski definition) is 2. The zero-order valence-corrected chi connectivity index (χ0v) is 8.58. The van der Waals surface area contributed by atoms with Crippen LogP contribution in [-0.2, 0) is 0 Å². The molecule has 0 amide bonds. The van der Waals surface area contributed by atoms with Crippen LogP contribution in [0, 0.1) is 0 Å². The standard InChI is InChI=1S/C9H14F5NO/c10-8(11,9(12,13)14)2-1-7(16)3-5-15-6-4-7/h15-16H,1-6H2. The molecule has 16 heavy (non-hydrogen) atoms.